The topological polar surface area (TPSA) is 55.8 Å². The second kappa shape index (κ2) is 9.22. The van der Waals surface area contributed by atoms with Gasteiger partial charge in [0.1, 0.15) is 12.4 Å². The van der Waals surface area contributed by atoms with E-state index >= 15 is 0 Å². The van der Waals surface area contributed by atoms with Crippen LogP contribution in [0.4, 0.5) is 4.79 Å². The first-order valence-electron chi connectivity index (χ1n) is 9.40. The van der Waals surface area contributed by atoms with Crippen molar-refractivity contribution < 1.29 is 19.1 Å². The molecule has 28 heavy (non-hydrogen) atoms. The van der Waals surface area contributed by atoms with Gasteiger partial charge in [-0.2, -0.15) is 0 Å². The van der Waals surface area contributed by atoms with Crippen LogP contribution < -0.4 is 4.74 Å². The molecule has 1 saturated heterocycles. The minimum Gasteiger partial charge on any atom is -0.497 e. The summed E-state index contributed by atoms with van der Waals surface area (Å²) in [6.45, 7) is 4.00. The molecule has 5 nitrogen and oxygen atoms in total. The van der Waals surface area contributed by atoms with Gasteiger partial charge in [0, 0.05) is 5.92 Å². The molecule has 0 unspecified atom stereocenters. The van der Waals surface area contributed by atoms with Crippen molar-refractivity contribution >= 4 is 12.0 Å². The van der Waals surface area contributed by atoms with Gasteiger partial charge < -0.3 is 9.47 Å². The van der Waals surface area contributed by atoms with Gasteiger partial charge in [-0.1, -0.05) is 48.5 Å². The maximum absolute atomic E-state index is 13.3. The summed E-state index contributed by atoms with van der Waals surface area (Å²) in [5.74, 6) is 0.143. The Bertz CT molecular complexity index is 834. The Labute approximate surface area is 165 Å². The molecule has 0 aromatic heterocycles. The number of amides is 2. The van der Waals surface area contributed by atoms with Crippen molar-refractivity contribution in [2.24, 2.45) is 5.92 Å². The number of cyclic esters (lactones) is 1. The van der Waals surface area contributed by atoms with Gasteiger partial charge in [-0.05, 0) is 42.5 Å². The van der Waals surface area contributed by atoms with Crippen LogP contribution in [0.2, 0.25) is 0 Å². The highest BCUT2D eigenvalue weighted by Gasteiger charge is 2.40. The number of hydrogen-bond donors (Lipinski definition) is 0. The summed E-state index contributed by atoms with van der Waals surface area (Å²) in [4.78, 5) is 26.9. The van der Waals surface area contributed by atoms with Gasteiger partial charge in [0.05, 0.1) is 13.2 Å². The minimum atomic E-state index is -0.564. The molecular weight excluding hydrogens is 354 g/mol. The number of allylic oxidation sites excluding steroid dienone is 1. The smallest absolute Gasteiger partial charge is 0.416 e. The van der Waals surface area contributed by atoms with Crippen molar-refractivity contribution in [3.05, 3.63) is 78.4 Å². The van der Waals surface area contributed by atoms with E-state index in [9.17, 15) is 9.59 Å². The van der Waals surface area contributed by atoms with Crippen LogP contribution in [0.1, 0.15) is 17.5 Å². The molecule has 0 aliphatic carbocycles. The number of benzene rings is 2. The number of ether oxygens (including phenoxy) is 2. The van der Waals surface area contributed by atoms with E-state index in [1.807, 2.05) is 54.6 Å². The fourth-order valence-electron chi connectivity index (χ4n) is 3.52. The second-order valence-corrected chi connectivity index (χ2v) is 6.91. The van der Waals surface area contributed by atoms with E-state index in [0.717, 1.165) is 16.9 Å². The number of carbonyl (C=O) groups is 2. The van der Waals surface area contributed by atoms with E-state index in [-0.39, 0.29) is 24.5 Å². The van der Waals surface area contributed by atoms with Crippen LogP contribution >= 0.6 is 0 Å². The van der Waals surface area contributed by atoms with Crippen molar-refractivity contribution in [1.82, 2.24) is 4.90 Å². The van der Waals surface area contributed by atoms with E-state index in [0.29, 0.717) is 19.3 Å². The summed E-state index contributed by atoms with van der Waals surface area (Å²) in [6.07, 6.45) is 2.72. The number of methoxy groups -OCH3 is 1. The molecule has 0 N–H and O–H groups in total. The van der Waals surface area contributed by atoms with Gasteiger partial charge in [-0.15, -0.1) is 6.58 Å². The Morgan fingerprint density at radius 3 is 2.71 bits per heavy atom. The molecule has 0 bridgehead atoms. The fraction of sp³-hybridized carbons (Fsp3) is 0.304. The van der Waals surface area contributed by atoms with E-state index < -0.39 is 6.09 Å². The highest BCUT2D eigenvalue weighted by atomic mass is 16.6. The number of nitrogens with zero attached hydrogens (tertiary/aromatic N) is 1. The van der Waals surface area contributed by atoms with Gasteiger partial charge in [-0.3, -0.25) is 4.79 Å². The summed E-state index contributed by atoms with van der Waals surface area (Å²) in [5, 5.41) is 0. The van der Waals surface area contributed by atoms with Crippen molar-refractivity contribution in [2.75, 3.05) is 13.7 Å². The zero-order valence-corrected chi connectivity index (χ0v) is 16.0. The number of imide groups is 1. The highest BCUT2D eigenvalue weighted by molar-refractivity contribution is 5.95. The first-order chi connectivity index (χ1) is 13.6. The molecule has 5 heteroatoms. The molecular formula is C23H25NO4. The van der Waals surface area contributed by atoms with Gasteiger partial charge in [0.25, 0.3) is 0 Å². The Hall–Kier alpha value is -3.08. The molecule has 1 aliphatic rings. The third-order valence-corrected chi connectivity index (χ3v) is 4.93. The molecule has 0 radical (unpaired) electrons. The van der Waals surface area contributed by atoms with Crippen molar-refractivity contribution in [2.45, 2.75) is 25.3 Å². The Morgan fingerprint density at radius 1 is 1.25 bits per heavy atom. The normalized spacial score (nSPS) is 17.1. The van der Waals surface area contributed by atoms with E-state index in [1.165, 1.54) is 4.90 Å². The standard InChI is InChI=1S/C23H25NO4/c1-3-8-19(13-18-11-7-12-21(15-18)27-2)22(25)24-20(16-28-23(24)26)14-17-9-5-4-6-10-17/h3-7,9-12,15,19-20H,1,8,13-14,16H2,2H3/t19-,20-/m0/s1. The summed E-state index contributed by atoms with van der Waals surface area (Å²) in [7, 11) is 1.61. The Kier molecular flexibility index (Phi) is 6.48. The molecule has 3 rings (SSSR count). The molecule has 2 aromatic carbocycles. The number of hydrogen-bond acceptors (Lipinski definition) is 4. The second-order valence-electron chi connectivity index (χ2n) is 6.91. The van der Waals surface area contributed by atoms with Crippen LogP contribution in [0, 0.1) is 5.92 Å². The summed E-state index contributed by atoms with van der Waals surface area (Å²) >= 11 is 0. The number of carbonyl (C=O) groups excluding carboxylic acids is 2. The van der Waals surface area contributed by atoms with E-state index in [4.69, 9.17) is 9.47 Å². The van der Waals surface area contributed by atoms with Crippen molar-refractivity contribution in [1.29, 1.82) is 0 Å². The van der Waals surface area contributed by atoms with Gasteiger partial charge in [0.15, 0.2) is 0 Å². The lowest BCUT2D eigenvalue weighted by Gasteiger charge is -2.24. The third-order valence-electron chi connectivity index (χ3n) is 4.93. The van der Waals surface area contributed by atoms with Gasteiger partial charge in [-0.25, -0.2) is 9.69 Å². The Morgan fingerprint density at radius 2 is 2.00 bits per heavy atom. The maximum Gasteiger partial charge on any atom is 0.416 e. The number of rotatable bonds is 8. The lowest BCUT2D eigenvalue weighted by molar-refractivity contribution is -0.133. The van der Waals surface area contributed by atoms with Crippen LogP contribution in [-0.2, 0) is 22.4 Å². The Balaban J connectivity index is 1.78. The minimum absolute atomic E-state index is 0.217. The zero-order valence-electron chi connectivity index (χ0n) is 16.0. The molecule has 0 saturated carbocycles. The highest BCUT2D eigenvalue weighted by Crippen LogP contribution is 2.24. The molecule has 146 valence electrons. The van der Waals surface area contributed by atoms with Crippen molar-refractivity contribution in [3.8, 4) is 5.75 Å². The van der Waals surface area contributed by atoms with Crippen LogP contribution in [0.15, 0.2) is 67.3 Å². The molecule has 2 aromatic rings. The lowest BCUT2D eigenvalue weighted by Crippen LogP contribution is -2.44. The van der Waals surface area contributed by atoms with Crippen LogP contribution in [0.3, 0.4) is 0 Å². The SMILES string of the molecule is C=CC[C@@H](Cc1cccc(OC)c1)C(=O)N1C(=O)OC[C@@H]1Cc1ccccc1. The molecule has 1 aliphatic heterocycles. The predicted molar refractivity (Wildman–Crippen MR) is 107 cm³/mol. The van der Waals surface area contributed by atoms with E-state index in [2.05, 4.69) is 6.58 Å². The van der Waals surface area contributed by atoms with Gasteiger partial charge >= 0.3 is 6.09 Å². The first-order valence-corrected chi connectivity index (χ1v) is 9.40. The summed E-state index contributed by atoms with van der Waals surface area (Å²) in [6, 6.07) is 17.1. The molecule has 1 fully saturated rings. The molecule has 2 atom stereocenters. The molecule has 1 heterocycles. The van der Waals surface area contributed by atoms with Gasteiger partial charge in [0.2, 0.25) is 5.91 Å². The zero-order chi connectivity index (χ0) is 19.9. The quantitative estimate of drug-likeness (QED) is 0.650. The predicted octanol–water partition coefficient (Wildman–Crippen LogP) is 4.02. The summed E-state index contributed by atoms with van der Waals surface area (Å²) in [5.41, 5.74) is 2.04. The molecule has 2 amide bonds. The fourth-order valence-corrected chi connectivity index (χ4v) is 3.52. The van der Waals surface area contributed by atoms with Crippen LogP contribution in [0.5, 0.6) is 5.75 Å². The maximum atomic E-state index is 13.3. The molecule has 0 spiro atoms. The monoisotopic (exact) mass is 379 g/mol. The largest absolute Gasteiger partial charge is 0.497 e. The van der Waals surface area contributed by atoms with E-state index in [1.54, 1.807) is 13.2 Å². The van der Waals surface area contributed by atoms with Crippen LogP contribution in [-0.4, -0.2) is 36.7 Å². The lowest BCUT2D eigenvalue weighted by atomic mass is 9.93. The average molecular weight is 379 g/mol. The van der Waals surface area contributed by atoms with Crippen molar-refractivity contribution in [3.63, 3.8) is 0 Å². The van der Waals surface area contributed by atoms with Crippen LogP contribution in [0.25, 0.3) is 0 Å². The first kappa shape index (κ1) is 19.7. The third kappa shape index (κ3) is 4.60. The average Bonchev–Trinajstić information content (AvgIpc) is 3.08. The summed E-state index contributed by atoms with van der Waals surface area (Å²) < 4.78 is 10.5.